The minimum Gasteiger partial charge on any atom is -0.467 e. The second kappa shape index (κ2) is 4.91. The van der Waals surface area contributed by atoms with Crippen molar-refractivity contribution in [3.8, 4) is 0 Å². The van der Waals surface area contributed by atoms with E-state index in [2.05, 4.69) is 5.32 Å². The Balaban J connectivity index is 2.12. The van der Waals surface area contributed by atoms with Crippen LogP contribution in [0.4, 0.5) is 10.1 Å². The Hall–Kier alpha value is -2.30. The molecular weight excluding hydrogens is 235 g/mol. The highest BCUT2D eigenvalue weighted by Crippen LogP contribution is 2.17. The van der Waals surface area contributed by atoms with Crippen LogP contribution in [0.25, 0.3) is 0 Å². The summed E-state index contributed by atoms with van der Waals surface area (Å²) in [6, 6.07) is 6.89. The van der Waals surface area contributed by atoms with E-state index in [-0.39, 0.29) is 23.2 Å². The van der Waals surface area contributed by atoms with Gasteiger partial charge in [-0.15, -0.1) is 0 Å². The van der Waals surface area contributed by atoms with Crippen LogP contribution in [-0.2, 0) is 0 Å². The predicted molar refractivity (Wildman–Crippen MR) is 65.4 cm³/mol. The number of carbonyl (C=O) groups is 1. The molecule has 5 heteroatoms. The molecule has 1 aromatic carbocycles. The number of hydrogen-bond donors (Lipinski definition) is 2. The maximum absolute atomic E-state index is 12.9. The van der Waals surface area contributed by atoms with Crippen molar-refractivity contribution in [3.63, 3.8) is 0 Å². The van der Waals surface area contributed by atoms with Gasteiger partial charge in [-0.3, -0.25) is 4.79 Å². The fraction of sp³-hybridized carbons (Fsp3) is 0.154. The van der Waals surface area contributed by atoms with Crippen molar-refractivity contribution in [2.45, 2.75) is 13.0 Å². The lowest BCUT2D eigenvalue weighted by Crippen LogP contribution is -2.27. The van der Waals surface area contributed by atoms with E-state index in [1.54, 1.807) is 19.1 Å². The molecule has 0 fully saturated rings. The number of anilines is 1. The smallest absolute Gasteiger partial charge is 0.253 e. The van der Waals surface area contributed by atoms with Crippen molar-refractivity contribution in [2.75, 3.05) is 5.73 Å². The quantitative estimate of drug-likeness (QED) is 0.820. The van der Waals surface area contributed by atoms with Crippen LogP contribution in [0, 0.1) is 5.82 Å². The third-order valence-corrected chi connectivity index (χ3v) is 2.58. The molecule has 0 spiro atoms. The highest BCUT2D eigenvalue weighted by atomic mass is 19.1. The first kappa shape index (κ1) is 12.2. The number of halogens is 1. The van der Waals surface area contributed by atoms with Crippen molar-refractivity contribution in [2.24, 2.45) is 0 Å². The molecule has 2 aromatic rings. The molecule has 2 rings (SSSR count). The van der Waals surface area contributed by atoms with Gasteiger partial charge in [0.15, 0.2) is 0 Å². The van der Waals surface area contributed by atoms with Crippen LogP contribution in [-0.4, -0.2) is 5.91 Å². The molecule has 1 unspecified atom stereocenters. The zero-order valence-electron chi connectivity index (χ0n) is 9.81. The molecule has 0 radical (unpaired) electrons. The van der Waals surface area contributed by atoms with E-state index in [1.165, 1.54) is 18.4 Å². The lowest BCUT2D eigenvalue weighted by molar-refractivity contribution is 0.0936. The summed E-state index contributed by atoms with van der Waals surface area (Å²) in [4.78, 5) is 11.9. The number of hydrogen-bond acceptors (Lipinski definition) is 3. The van der Waals surface area contributed by atoms with Crippen LogP contribution in [0.2, 0.25) is 0 Å². The van der Waals surface area contributed by atoms with Crippen molar-refractivity contribution >= 4 is 11.6 Å². The Morgan fingerprint density at radius 1 is 1.44 bits per heavy atom. The third kappa shape index (κ3) is 2.51. The summed E-state index contributed by atoms with van der Waals surface area (Å²) in [6.45, 7) is 1.79. The Morgan fingerprint density at radius 2 is 2.22 bits per heavy atom. The van der Waals surface area contributed by atoms with E-state index in [4.69, 9.17) is 10.2 Å². The maximum atomic E-state index is 12.9. The largest absolute Gasteiger partial charge is 0.467 e. The molecule has 1 heterocycles. The highest BCUT2D eigenvalue weighted by Gasteiger charge is 2.15. The van der Waals surface area contributed by atoms with E-state index in [1.807, 2.05) is 0 Å². The van der Waals surface area contributed by atoms with E-state index in [9.17, 15) is 9.18 Å². The van der Waals surface area contributed by atoms with Crippen LogP contribution < -0.4 is 11.1 Å². The van der Waals surface area contributed by atoms with Gasteiger partial charge < -0.3 is 15.5 Å². The number of benzene rings is 1. The average molecular weight is 248 g/mol. The lowest BCUT2D eigenvalue weighted by atomic mass is 10.1. The van der Waals surface area contributed by atoms with Crippen molar-refractivity contribution in [1.82, 2.24) is 5.32 Å². The SMILES string of the molecule is CC(NC(=O)c1ccc(F)cc1N)c1ccco1. The zero-order chi connectivity index (χ0) is 13.1. The summed E-state index contributed by atoms with van der Waals surface area (Å²) in [5.74, 6) is -0.191. The number of amides is 1. The van der Waals surface area contributed by atoms with Gasteiger partial charge in [0.05, 0.1) is 17.9 Å². The first-order valence-corrected chi connectivity index (χ1v) is 5.47. The Bertz CT molecular complexity index is 552. The molecule has 1 amide bonds. The molecule has 0 saturated heterocycles. The molecule has 94 valence electrons. The normalized spacial score (nSPS) is 12.1. The van der Waals surface area contributed by atoms with E-state index in [0.29, 0.717) is 5.76 Å². The van der Waals surface area contributed by atoms with Crippen LogP contribution >= 0.6 is 0 Å². The zero-order valence-corrected chi connectivity index (χ0v) is 9.81. The molecule has 1 atom stereocenters. The summed E-state index contributed by atoms with van der Waals surface area (Å²) in [6.07, 6.45) is 1.53. The van der Waals surface area contributed by atoms with E-state index < -0.39 is 5.82 Å². The standard InChI is InChI=1S/C13H13FN2O2/c1-8(12-3-2-6-18-12)16-13(17)10-5-4-9(14)7-11(10)15/h2-8H,15H2,1H3,(H,16,17). The van der Waals surface area contributed by atoms with Crippen molar-refractivity contribution in [1.29, 1.82) is 0 Å². The Morgan fingerprint density at radius 3 is 2.83 bits per heavy atom. The molecule has 0 bridgehead atoms. The van der Waals surface area contributed by atoms with Gasteiger partial charge in [0, 0.05) is 5.69 Å². The summed E-state index contributed by atoms with van der Waals surface area (Å²) < 4.78 is 18.0. The Kier molecular flexibility index (Phi) is 3.32. The fourth-order valence-electron chi connectivity index (χ4n) is 1.62. The summed E-state index contributed by atoms with van der Waals surface area (Å²) in [7, 11) is 0. The van der Waals surface area contributed by atoms with Gasteiger partial charge in [0.2, 0.25) is 0 Å². The second-order valence-electron chi connectivity index (χ2n) is 3.94. The maximum Gasteiger partial charge on any atom is 0.253 e. The van der Waals surface area contributed by atoms with Gasteiger partial charge in [-0.05, 0) is 37.3 Å². The molecule has 18 heavy (non-hydrogen) atoms. The van der Waals surface area contributed by atoms with Crippen molar-refractivity contribution < 1.29 is 13.6 Å². The van der Waals surface area contributed by atoms with Crippen LogP contribution in [0.15, 0.2) is 41.0 Å². The van der Waals surface area contributed by atoms with Crippen molar-refractivity contribution in [3.05, 3.63) is 53.7 Å². The van der Waals surface area contributed by atoms with Gasteiger partial charge in [-0.1, -0.05) is 0 Å². The fourth-order valence-corrected chi connectivity index (χ4v) is 1.62. The average Bonchev–Trinajstić information content (AvgIpc) is 2.81. The molecule has 1 aromatic heterocycles. The van der Waals surface area contributed by atoms with E-state index in [0.717, 1.165) is 6.07 Å². The minimum absolute atomic E-state index is 0.110. The summed E-state index contributed by atoms with van der Waals surface area (Å²) >= 11 is 0. The number of rotatable bonds is 3. The molecule has 0 aliphatic heterocycles. The van der Waals surface area contributed by atoms with Crippen LogP contribution in [0.3, 0.4) is 0 Å². The number of nitrogens with two attached hydrogens (primary N) is 1. The number of furan rings is 1. The topological polar surface area (TPSA) is 68.3 Å². The monoisotopic (exact) mass is 248 g/mol. The van der Waals surface area contributed by atoms with Gasteiger partial charge in [-0.25, -0.2) is 4.39 Å². The lowest BCUT2D eigenvalue weighted by Gasteiger charge is -2.12. The van der Waals surface area contributed by atoms with Crippen LogP contribution in [0.1, 0.15) is 29.1 Å². The van der Waals surface area contributed by atoms with Gasteiger partial charge >= 0.3 is 0 Å². The number of nitrogen functional groups attached to an aromatic ring is 1. The molecule has 0 saturated carbocycles. The first-order valence-electron chi connectivity index (χ1n) is 5.47. The minimum atomic E-state index is -0.469. The van der Waals surface area contributed by atoms with E-state index >= 15 is 0 Å². The number of nitrogens with one attached hydrogen (secondary N) is 1. The van der Waals surface area contributed by atoms with Gasteiger partial charge in [0.1, 0.15) is 11.6 Å². The molecule has 3 N–H and O–H groups in total. The predicted octanol–water partition coefficient (Wildman–Crippen LogP) is 2.49. The molecule has 0 aliphatic rings. The number of carbonyl (C=O) groups excluding carboxylic acids is 1. The summed E-state index contributed by atoms with van der Waals surface area (Å²) in [5, 5.41) is 2.72. The molecular formula is C13H13FN2O2. The van der Waals surface area contributed by atoms with Gasteiger partial charge in [0.25, 0.3) is 5.91 Å². The Labute approximate surface area is 104 Å². The molecule has 0 aliphatic carbocycles. The molecule has 4 nitrogen and oxygen atoms in total. The van der Waals surface area contributed by atoms with Crippen LogP contribution in [0.5, 0.6) is 0 Å². The second-order valence-corrected chi connectivity index (χ2v) is 3.94. The van der Waals surface area contributed by atoms with Gasteiger partial charge in [-0.2, -0.15) is 0 Å². The third-order valence-electron chi connectivity index (χ3n) is 2.58. The highest BCUT2D eigenvalue weighted by molar-refractivity contribution is 5.99. The first-order chi connectivity index (χ1) is 8.58. The summed E-state index contributed by atoms with van der Waals surface area (Å²) in [5.41, 5.74) is 5.95.